The molecule has 2 rings (SSSR count). The molecule has 0 radical (unpaired) electrons. The Hall–Kier alpha value is -0.930. The van der Waals surface area contributed by atoms with Crippen LogP contribution in [0.25, 0.3) is 0 Å². The second-order valence-corrected chi connectivity index (χ2v) is 6.56. The average molecular weight is 496 g/mol. The average Bonchev–Trinajstić information content (AvgIpc) is 2.48. The van der Waals surface area contributed by atoms with Crippen LogP contribution in [0.2, 0.25) is 25.1 Å². The van der Waals surface area contributed by atoms with E-state index in [1.807, 2.05) is 0 Å². The van der Waals surface area contributed by atoms with Crippen LogP contribution in [0, 0.1) is 0 Å². The van der Waals surface area contributed by atoms with Gasteiger partial charge in [-0.2, -0.15) is 26.3 Å². The molecule has 0 aliphatic carbocycles. The second-order valence-electron chi connectivity index (χ2n) is 4.64. The number of hydrogen-bond acceptors (Lipinski definition) is 2. The predicted molar refractivity (Wildman–Crippen MR) is 91.3 cm³/mol. The van der Waals surface area contributed by atoms with Crippen molar-refractivity contribution < 1.29 is 36.6 Å². The van der Waals surface area contributed by atoms with Crippen LogP contribution in [-0.4, -0.2) is 10.2 Å². The van der Waals surface area contributed by atoms with Gasteiger partial charge in [-0.15, -0.1) is 0 Å². The Labute approximate surface area is 172 Å². The van der Waals surface area contributed by atoms with Crippen molar-refractivity contribution in [3.63, 3.8) is 0 Å². The Morgan fingerprint density at radius 1 is 0.630 bits per heavy atom. The number of aromatic hydroxyl groups is 2. The zero-order chi connectivity index (χ0) is 21.3. The monoisotopic (exact) mass is 494 g/mol. The van der Waals surface area contributed by atoms with Crippen LogP contribution < -0.4 is 0 Å². The van der Waals surface area contributed by atoms with Crippen molar-refractivity contribution in [2.24, 2.45) is 0 Å². The number of phenols is 2. The van der Waals surface area contributed by atoms with E-state index in [0.717, 1.165) is 6.07 Å². The van der Waals surface area contributed by atoms with Crippen molar-refractivity contribution in [1.82, 2.24) is 0 Å². The van der Waals surface area contributed by atoms with Crippen LogP contribution in [0.15, 0.2) is 18.2 Å². The topological polar surface area (TPSA) is 40.5 Å². The minimum absolute atomic E-state index is 0.473. The number of benzene rings is 2. The summed E-state index contributed by atoms with van der Waals surface area (Å²) in [5.74, 6) is -1.06. The van der Waals surface area contributed by atoms with E-state index in [-0.39, 0.29) is 0 Å². The highest BCUT2D eigenvalue weighted by Crippen LogP contribution is 2.46. The van der Waals surface area contributed by atoms with Gasteiger partial charge in [0.25, 0.3) is 0 Å². The standard InChI is InChI=1S/C7H2Cl3F3O.C7H3Cl2F3O/c8-2-1-3(14)5(9)6(10)4(2)7(11,12)13;8-5-3(7(10,11)12)1-2-4(13)6(5)9/h1,14H;1-2,13H. The van der Waals surface area contributed by atoms with Gasteiger partial charge in [-0.3, -0.25) is 0 Å². The second kappa shape index (κ2) is 8.61. The SMILES string of the molecule is Oc1cc(Cl)c(C(F)(F)F)c(Cl)c1Cl.Oc1ccc(C(F)(F)F)c(Cl)c1Cl. The van der Waals surface area contributed by atoms with Gasteiger partial charge in [0.15, 0.2) is 0 Å². The quantitative estimate of drug-likeness (QED) is 0.286. The molecule has 0 saturated carbocycles. The number of halogens is 11. The van der Waals surface area contributed by atoms with Gasteiger partial charge >= 0.3 is 12.4 Å². The van der Waals surface area contributed by atoms with Gasteiger partial charge in [-0.05, 0) is 12.1 Å². The number of alkyl halides is 6. The van der Waals surface area contributed by atoms with Gasteiger partial charge in [-0.25, -0.2) is 0 Å². The van der Waals surface area contributed by atoms with Crippen molar-refractivity contribution in [2.45, 2.75) is 12.4 Å². The summed E-state index contributed by atoms with van der Waals surface area (Å²) in [6.07, 6.45) is -9.26. The van der Waals surface area contributed by atoms with Gasteiger partial charge in [0.2, 0.25) is 0 Å². The van der Waals surface area contributed by atoms with E-state index in [2.05, 4.69) is 0 Å². The lowest BCUT2D eigenvalue weighted by Crippen LogP contribution is -2.07. The molecule has 2 N–H and O–H groups in total. The molecule has 0 saturated heterocycles. The molecule has 0 heterocycles. The summed E-state index contributed by atoms with van der Waals surface area (Å²) in [4.78, 5) is 0. The zero-order valence-corrected chi connectivity index (χ0v) is 16.1. The maximum atomic E-state index is 12.3. The Bertz CT molecular complexity index is 852. The smallest absolute Gasteiger partial charge is 0.419 e. The molecule has 13 heteroatoms. The first-order chi connectivity index (χ1) is 12.1. The zero-order valence-electron chi connectivity index (χ0n) is 12.3. The van der Waals surface area contributed by atoms with Crippen molar-refractivity contribution in [3.05, 3.63) is 54.4 Å². The van der Waals surface area contributed by atoms with Crippen molar-refractivity contribution in [2.75, 3.05) is 0 Å². The summed E-state index contributed by atoms with van der Waals surface area (Å²) >= 11 is 26.5. The Balaban J connectivity index is 0.000000271. The number of hydrogen-bond donors (Lipinski definition) is 2. The summed E-state index contributed by atoms with van der Waals surface area (Å²) in [6, 6.07) is 2.21. The first-order valence-corrected chi connectivity index (χ1v) is 8.15. The molecule has 0 aromatic heterocycles. The van der Waals surface area contributed by atoms with Gasteiger partial charge in [-0.1, -0.05) is 58.0 Å². The first kappa shape index (κ1) is 24.1. The van der Waals surface area contributed by atoms with E-state index in [1.165, 1.54) is 0 Å². The largest absolute Gasteiger partial charge is 0.506 e. The molecular formula is C14H5Cl5F6O2. The predicted octanol–water partition coefficient (Wildman–Crippen LogP) is 8.09. The van der Waals surface area contributed by atoms with E-state index in [1.54, 1.807) is 0 Å². The molecule has 2 nitrogen and oxygen atoms in total. The summed E-state index contributed by atoms with van der Waals surface area (Å²) in [6.45, 7) is 0. The van der Waals surface area contributed by atoms with Crippen LogP contribution >= 0.6 is 58.0 Å². The lowest BCUT2D eigenvalue weighted by Gasteiger charge is -2.12. The maximum Gasteiger partial charge on any atom is 0.419 e. The minimum Gasteiger partial charge on any atom is -0.506 e. The molecule has 27 heavy (non-hydrogen) atoms. The van der Waals surface area contributed by atoms with E-state index >= 15 is 0 Å². The van der Waals surface area contributed by atoms with Crippen molar-refractivity contribution in [1.29, 1.82) is 0 Å². The highest BCUT2D eigenvalue weighted by molar-refractivity contribution is 6.45. The Morgan fingerprint density at radius 2 is 1.11 bits per heavy atom. The fraction of sp³-hybridized carbons (Fsp3) is 0.143. The molecule has 0 amide bonds. The van der Waals surface area contributed by atoms with Crippen LogP contribution in [0.1, 0.15) is 11.1 Å². The fourth-order valence-corrected chi connectivity index (χ4v) is 2.84. The van der Waals surface area contributed by atoms with E-state index in [0.29, 0.717) is 12.1 Å². The van der Waals surface area contributed by atoms with Crippen molar-refractivity contribution >= 4 is 58.0 Å². The normalized spacial score (nSPS) is 11.8. The summed E-state index contributed by atoms with van der Waals surface area (Å²) in [5.41, 5.74) is -2.30. The summed E-state index contributed by atoms with van der Waals surface area (Å²) in [5, 5.41) is 14.7. The molecule has 0 aliphatic heterocycles. The summed E-state index contributed by atoms with van der Waals surface area (Å²) in [7, 11) is 0. The molecule has 2 aromatic carbocycles. The molecule has 0 bridgehead atoms. The van der Waals surface area contributed by atoms with E-state index < -0.39 is 60.1 Å². The maximum absolute atomic E-state index is 12.3. The Morgan fingerprint density at radius 3 is 1.56 bits per heavy atom. The summed E-state index contributed by atoms with van der Waals surface area (Å²) < 4.78 is 73.3. The van der Waals surface area contributed by atoms with E-state index in [4.69, 9.17) is 68.2 Å². The molecule has 0 atom stereocenters. The minimum atomic E-state index is -4.70. The fourth-order valence-electron chi connectivity index (χ4n) is 1.60. The molecule has 2 aromatic rings. The third kappa shape index (κ3) is 5.77. The highest BCUT2D eigenvalue weighted by Gasteiger charge is 2.37. The lowest BCUT2D eigenvalue weighted by molar-refractivity contribution is -0.138. The molecule has 0 unspecified atom stereocenters. The number of phenolic OH excluding ortho intramolecular Hbond substituents is 2. The third-order valence-electron chi connectivity index (χ3n) is 2.79. The van der Waals surface area contributed by atoms with Gasteiger partial charge in [0, 0.05) is 6.07 Å². The molecule has 0 aliphatic rings. The highest BCUT2D eigenvalue weighted by atomic mass is 35.5. The third-order valence-corrected chi connectivity index (χ3v) is 4.82. The van der Waals surface area contributed by atoms with Gasteiger partial charge < -0.3 is 10.2 Å². The van der Waals surface area contributed by atoms with Crippen molar-refractivity contribution in [3.8, 4) is 11.5 Å². The molecule has 0 spiro atoms. The van der Waals surface area contributed by atoms with E-state index in [9.17, 15) is 26.3 Å². The lowest BCUT2D eigenvalue weighted by atomic mass is 10.2. The van der Waals surface area contributed by atoms with Crippen LogP contribution in [-0.2, 0) is 12.4 Å². The van der Waals surface area contributed by atoms with Gasteiger partial charge in [0.1, 0.15) is 21.5 Å². The molecule has 0 fully saturated rings. The van der Waals surface area contributed by atoms with Crippen LogP contribution in [0.5, 0.6) is 11.5 Å². The number of rotatable bonds is 0. The molecule has 150 valence electrons. The first-order valence-electron chi connectivity index (χ1n) is 6.26. The van der Waals surface area contributed by atoms with Crippen LogP contribution in [0.4, 0.5) is 26.3 Å². The molecular weight excluding hydrogens is 491 g/mol. The van der Waals surface area contributed by atoms with Gasteiger partial charge in [0.05, 0.1) is 26.2 Å². The van der Waals surface area contributed by atoms with Crippen LogP contribution in [0.3, 0.4) is 0 Å². The Kier molecular flexibility index (Phi) is 7.69.